The van der Waals surface area contributed by atoms with E-state index < -0.39 is 10.0 Å². The molecule has 1 aliphatic rings. The van der Waals surface area contributed by atoms with Crippen LogP contribution in [0.15, 0.2) is 60.7 Å². The first-order valence-electron chi connectivity index (χ1n) is 8.87. The third-order valence-corrected chi connectivity index (χ3v) is 6.41. The molecule has 0 bridgehead atoms. The Morgan fingerprint density at radius 3 is 2.40 bits per heavy atom. The summed E-state index contributed by atoms with van der Waals surface area (Å²) in [5.41, 5.74) is 1.18. The summed E-state index contributed by atoms with van der Waals surface area (Å²) < 4.78 is 32.8. The van der Waals surface area contributed by atoms with Crippen LogP contribution >= 0.6 is 0 Å². The molecule has 2 aromatic carbocycles. The molecule has 0 aliphatic carbocycles. The van der Waals surface area contributed by atoms with Crippen LogP contribution in [0, 0.1) is 0 Å². The molecule has 2 aromatic rings. The van der Waals surface area contributed by atoms with E-state index in [1.807, 2.05) is 60.7 Å². The lowest BCUT2D eigenvalue weighted by Gasteiger charge is -2.32. The van der Waals surface area contributed by atoms with Crippen LogP contribution in [0.2, 0.25) is 0 Å². The third-order valence-electron chi connectivity index (χ3n) is 4.49. The van der Waals surface area contributed by atoms with Gasteiger partial charge in [-0.05, 0) is 43.4 Å². The van der Waals surface area contributed by atoms with Gasteiger partial charge in [-0.1, -0.05) is 48.5 Å². The number of benzene rings is 2. The number of aryl methyl sites for hydroxylation is 1. The molecule has 0 aromatic heterocycles. The molecule has 0 saturated carbocycles. The standard InChI is InChI=1S/C20H25NO3S/c22-25(23,16-8-11-18-9-3-1-4-10-18)21-15-7-14-20(17-21)24-19-12-5-2-6-13-19/h1-6,9-10,12-13,20H,7-8,11,14-17H2. The maximum atomic E-state index is 12.6. The summed E-state index contributed by atoms with van der Waals surface area (Å²) in [4.78, 5) is 0. The highest BCUT2D eigenvalue weighted by Crippen LogP contribution is 2.20. The number of para-hydroxylation sites is 1. The molecule has 0 radical (unpaired) electrons. The van der Waals surface area contributed by atoms with E-state index in [2.05, 4.69) is 0 Å². The van der Waals surface area contributed by atoms with Gasteiger partial charge in [-0.2, -0.15) is 4.31 Å². The van der Waals surface area contributed by atoms with Gasteiger partial charge in [0.15, 0.2) is 0 Å². The Kier molecular flexibility index (Phi) is 6.10. The van der Waals surface area contributed by atoms with Crippen molar-refractivity contribution in [2.75, 3.05) is 18.8 Å². The Labute approximate surface area is 150 Å². The van der Waals surface area contributed by atoms with Crippen molar-refractivity contribution >= 4 is 10.0 Å². The molecule has 0 amide bonds. The van der Waals surface area contributed by atoms with Gasteiger partial charge in [0, 0.05) is 6.54 Å². The fraction of sp³-hybridized carbons (Fsp3) is 0.400. The van der Waals surface area contributed by atoms with E-state index >= 15 is 0 Å². The predicted molar refractivity (Wildman–Crippen MR) is 100 cm³/mol. The number of nitrogens with zero attached hydrogens (tertiary/aromatic N) is 1. The molecule has 1 saturated heterocycles. The molecule has 134 valence electrons. The van der Waals surface area contributed by atoms with Gasteiger partial charge in [0.05, 0.1) is 12.3 Å². The maximum Gasteiger partial charge on any atom is 0.214 e. The molecule has 4 nitrogen and oxygen atoms in total. The van der Waals surface area contributed by atoms with E-state index in [1.165, 1.54) is 5.56 Å². The Bertz CT molecular complexity index is 747. The van der Waals surface area contributed by atoms with Crippen LogP contribution in [0.3, 0.4) is 0 Å². The molecule has 0 spiro atoms. The van der Waals surface area contributed by atoms with Gasteiger partial charge in [-0.25, -0.2) is 8.42 Å². The van der Waals surface area contributed by atoms with Crippen LogP contribution in [-0.2, 0) is 16.4 Å². The van der Waals surface area contributed by atoms with E-state index in [0.29, 0.717) is 19.5 Å². The van der Waals surface area contributed by atoms with E-state index in [-0.39, 0.29) is 11.9 Å². The number of hydrogen-bond donors (Lipinski definition) is 0. The maximum absolute atomic E-state index is 12.6. The van der Waals surface area contributed by atoms with Gasteiger partial charge < -0.3 is 4.74 Å². The summed E-state index contributed by atoms with van der Waals surface area (Å²) in [6, 6.07) is 19.6. The Balaban J connectivity index is 1.52. The number of ether oxygens (including phenoxy) is 1. The fourth-order valence-electron chi connectivity index (χ4n) is 3.18. The zero-order valence-corrected chi connectivity index (χ0v) is 15.2. The van der Waals surface area contributed by atoms with Crippen LogP contribution in [0.4, 0.5) is 0 Å². The minimum Gasteiger partial charge on any atom is -0.489 e. The van der Waals surface area contributed by atoms with Crippen molar-refractivity contribution in [3.63, 3.8) is 0 Å². The number of piperidine rings is 1. The summed E-state index contributed by atoms with van der Waals surface area (Å²) >= 11 is 0. The van der Waals surface area contributed by atoms with Gasteiger partial charge in [0.25, 0.3) is 0 Å². The Morgan fingerprint density at radius 1 is 1.00 bits per heavy atom. The van der Waals surface area contributed by atoms with Crippen LogP contribution in [0.1, 0.15) is 24.8 Å². The second-order valence-corrected chi connectivity index (χ2v) is 8.55. The second-order valence-electron chi connectivity index (χ2n) is 6.46. The topological polar surface area (TPSA) is 46.6 Å². The monoisotopic (exact) mass is 359 g/mol. The number of hydrogen-bond acceptors (Lipinski definition) is 3. The van der Waals surface area contributed by atoms with Crippen molar-refractivity contribution in [1.82, 2.24) is 4.31 Å². The molecule has 5 heteroatoms. The highest BCUT2D eigenvalue weighted by Gasteiger charge is 2.29. The minimum atomic E-state index is -3.23. The quantitative estimate of drug-likeness (QED) is 0.760. The lowest BCUT2D eigenvalue weighted by atomic mass is 10.1. The van der Waals surface area contributed by atoms with Crippen molar-refractivity contribution in [2.45, 2.75) is 31.8 Å². The minimum absolute atomic E-state index is 0.0694. The summed E-state index contributed by atoms with van der Waals surface area (Å²) in [5.74, 6) is 0.996. The van der Waals surface area contributed by atoms with Crippen molar-refractivity contribution < 1.29 is 13.2 Å². The Morgan fingerprint density at radius 2 is 1.68 bits per heavy atom. The molecular formula is C20H25NO3S. The molecular weight excluding hydrogens is 334 g/mol. The van der Waals surface area contributed by atoms with E-state index in [1.54, 1.807) is 4.31 Å². The summed E-state index contributed by atoms with van der Waals surface area (Å²) in [7, 11) is -3.23. The van der Waals surface area contributed by atoms with Crippen molar-refractivity contribution in [2.24, 2.45) is 0 Å². The smallest absolute Gasteiger partial charge is 0.214 e. The largest absolute Gasteiger partial charge is 0.489 e. The first-order valence-corrected chi connectivity index (χ1v) is 10.5. The van der Waals surface area contributed by atoms with Gasteiger partial charge in [0.2, 0.25) is 10.0 Å². The first kappa shape index (κ1) is 18.0. The van der Waals surface area contributed by atoms with Gasteiger partial charge >= 0.3 is 0 Å². The highest BCUT2D eigenvalue weighted by molar-refractivity contribution is 7.89. The van der Waals surface area contributed by atoms with Crippen molar-refractivity contribution in [3.8, 4) is 5.75 Å². The lowest BCUT2D eigenvalue weighted by Crippen LogP contribution is -2.45. The number of rotatable bonds is 7. The van der Waals surface area contributed by atoms with Crippen LogP contribution in [0.25, 0.3) is 0 Å². The predicted octanol–water partition coefficient (Wildman–Crippen LogP) is 3.49. The fourth-order valence-corrected chi connectivity index (χ4v) is 4.75. The SMILES string of the molecule is O=S(=O)(CCCc1ccccc1)N1CCCC(Oc2ccccc2)C1. The first-order chi connectivity index (χ1) is 12.1. The van der Waals surface area contributed by atoms with E-state index in [0.717, 1.165) is 25.0 Å². The summed E-state index contributed by atoms with van der Waals surface area (Å²) in [6.45, 7) is 1.05. The van der Waals surface area contributed by atoms with Crippen molar-refractivity contribution in [3.05, 3.63) is 66.2 Å². The number of sulfonamides is 1. The van der Waals surface area contributed by atoms with E-state index in [4.69, 9.17) is 4.74 Å². The van der Waals surface area contributed by atoms with Gasteiger partial charge in [-0.3, -0.25) is 0 Å². The van der Waals surface area contributed by atoms with Crippen LogP contribution in [-0.4, -0.2) is 37.7 Å². The molecule has 1 aliphatic heterocycles. The second kappa shape index (κ2) is 8.50. The molecule has 1 fully saturated rings. The normalized spacial score (nSPS) is 18.8. The van der Waals surface area contributed by atoms with Gasteiger partial charge in [-0.15, -0.1) is 0 Å². The lowest BCUT2D eigenvalue weighted by molar-refractivity contribution is 0.130. The third kappa shape index (κ3) is 5.31. The zero-order valence-electron chi connectivity index (χ0n) is 14.4. The molecule has 3 rings (SSSR count). The molecule has 1 heterocycles. The summed E-state index contributed by atoms with van der Waals surface area (Å²) in [5, 5.41) is 0. The summed E-state index contributed by atoms with van der Waals surface area (Å²) in [6.07, 6.45) is 3.10. The zero-order chi connectivity index (χ0) is 17.5. The highest BCUT2D eigenvalue weighted by atomic mass is 32.2. The molecule has 1 unspecified atom stereocenters. The van der Waals surface area contributed by atoms with Gasteiger partial charge in [0.1, 0.15) is 11.9 Å². The average molecular weight is 359 g/mol. The van der Waals surface area contributed by atoms with Crippen molar-refractivity contribution in [1.29, 1.82) is 0 Å². The van der Waals surface area contributed by atoms with E-state index in [9.17, 15) is 8.42 Å². The Hall–Kier alpha value is -1.85. The average Bonchev–Trinajstić information content (AvgIpc) is 2.64. The van der Waals surface area contributed by atoms with Crippen LogP contribution < -0.4 is 4.74 Å². The van der Waals surface area contributed by atoms with Crippen LogP contribution in [0.5, 0.6) is 5.75 Å². The molecule has 0 N–H and O–H groups in total. The molecule has 1 atom stereocenters. The molecule has 25 heavy (non-hydrogen) atoms.